The first-order valence-corrected chi connectivity index (χ1v) is 10.2. The van der Waals surface area contributed by atoms with Gasteiger partial charge in [0.15, 0.2) is 0 Å². The van der Waals surface area contributed by atoms with Crippen LogP contribution in [0.15, 0.2) is 60.7 Å². The molecule has 0 saturated carbocycles. The number of nitrogens with one attached hydrogen (secondary N) is 2. The molecule has 4 rings (SSSR count). The number of carbonyl (C=O) groups is 1. The Labute approximate surface area is 171 Å². The molecule has 1 aliphatic rings. The zero-order valence-electron chi connectivity index (χ0n) is 16.8. The minimum absolute atomic E-state index is 0.136. The van der Waals surface area contributed by atoms with E-state index >= 15 is 0 Å². The fraction of sp³-hybridized carbons (Fsp3) is 0.304. The molecule has 3 aromatic rings. The molecule has 0 unspecified atom stereocenters. The van der Waals surface area contributed by atoms with E-state index in [1.165, 1.54) is 5.69 Å². The highest BCUT2D eigenvalue weighted by atomic mass is 16.2. The number of amides is 1. The third kappa shape index (κ3) is 4.49. The molecule has 6 nitrogen and oxygen atoms in total. The van der Waals surface area contributed by atoms with Crippen molar-refractivity contribution in [2.24, 2.45) is 0 Å². The van der Waals surface area contributed by atoms with Gasteiger partial charge in [-0.05, 0) is 36.8 Å². The van der Waals surface area contributed by atoms with Crippen LogP contribution in [-0.4, -0.2) is 41.9 Å². The molecule has 0 aliphatic carbocycles. The molecule has 0 radical (unpaired) electrons. The molecule has 1 amide bonds. The van der Waals surface area contributed by atoms with E-state index in [1.807, 2.05) is 48.5 Å². The normalized spacial score (nSPS) is 14.0. The van der Waals surface area contributed by atoms with Gasteiger partial charge in [-0.1, -0.05) is 37.3 Å². The maximum atomic E-state index is 13.0. The second kappa shape index (κ2) is 8.92. The molecule has 2 N–H and O–H groups in total. The van der Waals surface area contributed by atoms with Crippen LogP contribution in [0.5, 0.6) is 0 Å². The first-order valence-electron chi connectivity index (χ1n) is 10.2. The number of aromatic nitrogens is 2. The first-order chi connectivity index (χ1) is 14.2. The van der Waals surface area contributed by atoms with Crippen LogP contribution in [0, 0.1) is 0 Å². The van der Waals surface area contributed by atoms with Crippen LogP contribution in [0.25, 0.3) is 11.3 Å². The standard InChI is InChI=1S/C23H27N5O/c1-2-14-28-22(17-21(26-28)18-6-4-3-5-7-18)23(29)25-19-8-10-20(11-9-19)27-15-12-24-13-16-27/h3-11,17,24H,2,12-16H2,1H3,(H,25,29). The molecule has 0 spiro atoms. The Hall–Kier alpha value is -3.12. The first kappa shape index (κ1) is 19.2. The van der Waals surface area contributed by atoms with Gasteiger partial charge in [-0.25, -0.2) is 0 Å². The van der Waals surface area contributed by atoms with Gasteiger partial charge in [0.05, 0.1) is 5.69 Å². The third-order valence-corrected chi connectivity index (χ3v) is 5.12. The monoisotopic (exact) mass is 389 g/mol. The van der Waals surface area contributed by atoms with E-state index < -0.39 is 0 Å². The van der Waals surface area contributed by atoms with Gasteiger partial charge in [0.2, 0.25) is 0 Å². The smallest absolute Gasteiger partial charge is 0.273 e. The predicted molar refractivity (Wildman–Crippen MR) is 117 cm³/mol. The summed E-state index contributed by atoms with van der Waals surface area (Å²) >= 11 is 0. The van der Waals surface area contributed by atoms with Crippen LogP contribution in [0.2, 0.25) is 0 Å². The number of aryl methyl sites for hydroxylation is 1. The molecule has 1 fully saturated rings. The van der Waals surface area contributed by atoms with E-state index in [-0.39, 0.29) is 5.91 Å². The van der Waals surface area contributed by atoms with Gasteiger partial charge >= 0.3 is 0 Å². The van der Waals surface area contributed by atoms with Crippen molar-refractivity contribution in [3.8, 4) is 11.3 Å². The number of anilines is 2. The molecule has 2 aromatic carbocycles. The molecule has 29 heavy (non-hydrogen) atoms. The highest BCUT2D eigenvalue weighted by Crippen LogP contribution is 2.22. The van der Waals surface area contributed by atoms with Gasteiger partial charge in [0.1, 0.15) is 5.69 Å². The molecule has 1 aromatic heterocycles. The minimum atomic E-state index is -0.136. The second-order valence-electron chi connectivity index (χ2n) is 7.24. The fourth-order valence-corrected chi connectivity index (χ4v) is 3.61. The molecule has 0 atom stereocenters. The number of carbonyl (C=O) groups excluding carboxylic acids is 1. The Balaban J connectivity index is 1.51. The van der Waals surface area contributed by atoms with E-state index in [2.05, 4.69) is 39.7 Å². The van der Waals surface area contributed by atoms with E-state index in [0.29, 0.717) is 12.2 Å². The molecule has 0 bridgehead atoms. The average molecular weight is 390 g/mol. The number of hydrogen-bond donors (Lipinski definition) is 2. The molecular formula is C23H27N5O. The SMILES string of the molecule is CCCn1nc(-c2ccccc2)cc1C(=O)Nc1ccc(N2CCNCC2)cc1. The number of piperazine rings is 1. The Bertz CT molecular complexity index is 943. The van der Waals surface area contributed by atoms with Gasteiger partial charge in [0.25, 0.3) is 5.91 Å². The van der Waals surface area contributed by atoms with Crippen LogP contribution >= 0.6 is 0 Å². The Morgan fingerprint density at radius 2 is 1.79 bits per heavy atom. The summed E-state index contributed by atoms with van der Waals surface area (Å²) in [5.41, 5.74) is 4.39. The van der Waals surface area contributed by atoms with Crippen molar-refractivity contribution in [2.75, 3.05) is 36.4 Å². The minimum Gasteiger partial charge on any atom is -0.369 e. The van der Waals surface area contributed by atoms with Gasteiger partial charge < -0.3 is 15.5 Å². The summed E-state index contributed by atoms with van der Waals surface area (Å²) in [5, 5.41) is 11.0. The summed E-state index contributed by atoms with van der Waals surface area (Å²) in [5.74, 6) is -0.136. The maximum absolute atomic E-state index is 13.0. The number of nitrogens with zero attached hydrogens (tertiary/aromatic N) is 3. The van der Waals surface area contributed by atoms with Crippen LogP contribution in [0.3, 0.4) is 0 Å². The second-order valence-corrected chi connectivity index (χ2v) is 7.24. The van der Waals surface area contributed by atoms with Crippen LogP contribution in [0.4, 0.5) is 11.4 Å². The maximum Gasteiger partial charge on any atom is 0.273 e. The summed E-state index contributed by atoms with van der Waals surface area (Å²) in [6, 6.07) is 19.9. The highest BCUT2D eigenvalue weighted by molar-refractivity contribution is 6.03. The number of benzene rings is 2. The zero-order valence-corrected chi connectivity index (χ0v) is 16.8. The van der Waals surface area contributed by atoms with Gasteiger partial charge in [-0.3, -0.25) is 9.48 Å². The van der Waals surface area contributed by atoms with Gasteiger partial charge in [-0.15, -0.1) is 0 Å². The van der Waals surface area contributed by atoms with Gasteiger partial charge in [-0.2, -0.15) is 5.10 Å². The summed E-state index contributed by atoms with van der Waals surface area (Å²) in [6.07, 6.45) is 0.912. The van der Waals surface area contributed by atoms with Crippen molar-refractivity contribution >= 4 is 17.3 Å². The zero-order chi connectivity index (χ0) is 20.1. The average Bonchev–Trinajstić information content (AvgIpc) is 3.20. The lowest BCUT2D eigenvalue weighted by Gasteiger charge is -2.29. The highest BCUT2D eigenvalue weighted by Gasteiger charge is 2.17. The van der Waals surface area contributed by atoms with Crippen LogP contribution in [0.1, 0.15) is 23.8 Å². The van der Waals surface area contributed by atoms with Crippen molar-refractivity contribution < 1.29 is 4.79 Å². The van der Waals surface area contributed by atoms with Crippen LogP contribution < -0.4 is 15.5 Å². The molecular weight excluding hydrogens is 362 g/mol. The van der Waals surface area contributed by atoms with Gasteiger partial charge in [0, 0.05) is 49.7 Å². The van der Waals surface area contributed by atoms with Crippen molar-refractivity contribution in [3.05, 3.63) is 66.4 Å². The Morgan fingerprint density at radius 1 is 1.07 bits per heavy atom. The summed E-state index contributed by atoms with van der Waals surface area (Å²) in [4.78, 5) is 15.3. The van der Waals surface area contributed by atoms with Crippen molar-refractivity contribution in [2.45, 2.75) is 19.9 Å². The lowest BCUT2D eigenvalue weighted by Crippen LogP contribution is -2.43. The number of hydrogen-bond acceptors (Lipinski definition) is 4. The number of rotatable bonds is 6. The van der Waals surface area contributed by atoms with Crippen molar-refractivity contribution in [1.82, 2.24) is 15.1 Å². The Morgan fingerprint density at radius 3 is 2.48 bits per heavy atom. The topological polar surface area (TPSA) is 62.2 Å². The summed E-state index contributed by atoms with van der Waals surface area (Å²) in [7, 11) is 0. The van der Waals surface area contributed by atoms with E-state index in [0.717, 1.165) is 49.5 Å². The molecule has 2 heterocycles. The fourth-order valence-electron chi connectivity index (χ4n) is 3.61. The predicted octanol–water partition coefficient (Wildman–Crippen LogP) is 3.62. The quantitative estimate of drug-likeness (QED) is 0.676. The van der Waals surface area contributed by atoms with E-state index in [4.69, 9.17) is 0 Å². The van der Waals surface area contributed by atoms with Crippen LogP contribution in [-0.2, 0) is 6.54 Å². The largest absolute Gasteiger partial charge is 0.369 e. The summed E-state index contributed by atoms with van der Waals surface area (Å²) in [6.45, 7) is 6.81. The molecule has 150 valence electrons. The lowest BCUT2D eigenvalue weighted by molar-refractivity contribution is 0.101. The molecule has 1 aliphatic heterocycles. The molecule has 1 saturated heterocycles. The van der Waals surface area contributed by atoms with E-state index in [9.17, 15) is 4.79 Å². The van der Waals surface area contributed by atoms with Crippen molar-refractivity contribution in [3.63, 3.8) is 0 Å². The lowest BCUT2D eigenvalue weighted by atomic mass is 10.1. The third-order valence-electron chi connectivity index (χ3n) is 5.12. The summed E-state index contributed by atoms with van der Waals surface area (Å²) < 4.78 is 1.80. The van der Waals surface area contributed by atoms with E-state index in [1.54, 1.807) is 4.68 Å². The molecule has 6 heteroatoms. The van der Waals surface area contributed by atoms with Crippen molar-refractivity contribution in [1.29, 1.82) is 0 Å². The Kier molecular flexibility index (Phi) is 5.91.